The van der Waals surface area contributed by atoms with E-state index >= 15 is 0 Å². The van der Waals surface area contributed by atoms with Gasteiger partial charge in [0.15, 0.2) is 11.5 Å². The zero-order valence-electron chi connectivity index (χ0n) is 18.3. The molecule has 6 heteroatoms. The van der Waals surface area contributed by atoms with Gasteiger partial charge in [-0.2, -0.15) is 0 Å². The van der Waals surface area contributed by atoms with Crippen LogP contribution in [0.3, 0.4) is 0 Å². The summed E-state index contributed by atoms with van der Waals surface area (Å²) in [6.45, 7) is 6.34. The van der Waals surface area contributed by atoms with Crippen LogP contribution in [0, 0.1) is 0 Å². The predicted octanol–water partition coefficient (Wildman–Crippen LogP) is 5.04. The number of anilines is 1. The van der Waals surface area contributed by atoms with Gasteiger partial charge in [0.2, 0.25) is 5.91 Å². The molecule has 160 valence electrons. The van der Waals surface area contributed by atoms with E-state index in [-0.39, 0.29) is 11.8 Å². The molecule has 0 fully saturated rings. The number of hydrogen-bond acceptors (Lipinski definition) is 4. The molecule has 0 bridgehead atoms. The molecule has 1 amide bonds. The Morgan fingerprint density at radius 3 is 2.47 bits per heavy atom. The third-order valence-electron chi connectivity index (χ3n) is 5.29. The monoisotopic (exact) mass is 409 g/mol. The van der Waals surface area contributed by atoms with Crippen molar-refractivity contribution in [3.05, 3.63) is 42.0 Å². The summed E-state index contributed by atoms with van der Waals surface area (Å²) in [4.78, 5) is 15.9. The number of aromatic nitrogens is 1. The van der Waals surface area contributed by atoms with E-state index < -0.39 is 6.04 Å². The molecule has 0 aliphatic rings. The van der Waals surface area contributed by atoms with Crippen LogP contribution in [0.2, 0.25) is 0 Å². The molecule has 4 N–H and O–H groups in total. The molecule has 0 radical (unpaired) electrons. The van der Waals surface area contributed by atoms with Crippen LogP contribution in [0.5, 0.6) is 11.5 Å². The van der Waals surface area contributed by atoms with E-state index in [9.17, 15) is 4.79 Å². The van der Waals surface area contributed by atoms with Crippen LogP contribution in [-0.2, 0) is 4.79 Å². The molecular weight excluding hydrogens is 378 g/mol. The van der Waals surface area contributed by atoms with Crippen molar-refractivity contribution in [2.75, 3.05) is 19.5 Å². The molecule has 0 aliphatic carbocycles. The van der Waals surface area contributed by atoms with Gasteiger partial charge in [-0.05, 0) is 54.3 Å². The zero-order valence-corrected chi connectivity index (χ0v) is 18.3. The smallest absolute Gasteiger partial charge is 0.241 e. The van der Waals surface area contributed by atoms with Crippen LogP contribution in [0.1, 0.15) is 45.1 Å². The molecule has 2 aromatic carbocycles. The van der Waals surface area contributed by atoms with Crippen molar-refractivity contribution in [1.82, 2.24) is 4.98 Å². The lowest BCUT2D eigenvalue weighted by Gasteiger charge is -2.13. The second kappa shape index (κ2) is 9.22. The van der Waals surface area contributed by atoms with Crippen LogP contribution < -0.4 is 20.5 Å². The number of ether oxygens (including phenoxy) is 2. The Labute approximate surface area is 177 Å². The molecule has 0 saturated carbocycles. The van der Waals surface area contributed by atoms with Gasteiger partial charge in [-0.25, -0.2) is 0 Å². The fourth-order valence-electron chi connectivity index (χ4n) is 3.79. The minimum atomic E-state index is -0.496. The van der Waals surface area contributed by atoms with Gasteiger partial charge in [0, 0.05) is 22.2 Å². The number of benzene rings is 2. The molecule has 1 aromatic heterocycles. The highest BCUT2D eigenvalue weighted by molar-refractivity contribution is 5.99. The number of hydrogen-bond donors (Lipinski definition) is 3. The first kappa shape index (κ1) is 21.7. The lowest BCUT2D eigenvalue weighted by Crippen LogP contribution is -2.35. The summed E-state index contributed by atoms with van der Waals surface area (Å²) in [5.74, 6) is 1.49. The van der Waals surface area contributed by atoms with E-state index in [0.29, 0.717) is 17.9 Å². The summed E-state index contributed by atoms with van der Waals surface area (Å²) in [5.41, 5.74) is 11.0. The minimum absolute atomic E-state index is 0.155. The van der Waals surface area contributed by atoms with E-state index in [1.165, 1.54) is 5.56 Å². The quantitative estimate of drug-likeness (QED) is 0.486. The normalized spacial score (nSPS) is 12.2. The van der Waals surface area contributed by atoms with Crippen molar-refractivity contribution in [2.45, 2.75) is 45.6 Å². The van der Waals surface area contributed by atoms with Gasteiger partial charge in [-0.3, -0.25) is 4.79 Å². The first-order valence-corrected chi connectivity index (χ1v) is 10.3. The zero-order chi connectivity index (χ0) is 21.8. The van der Waals surface area contributed by atoms with E-state index in [4.69, 9.17) is 15.2 Å². The fraction of sp³-hybridized carbons (Fsp3) is 0.375. The predicted molar refractivity (Wildman–Crippen MR) is 122 cm³/mol. The van der Waals surface area contributed by atoms with Gasteiger partial charge in [-0.1, -0.05) is 27.2 Å². The standard InChI is InChI=1S/C24H31N3O3/c1-6-7-18(25)24(28)26-16-9-10-19-17(13-16)22(14(2)3)23(27-19)15-8-11-20(29-4)21(12-15)30-5/h8-14,18,27H,6-7,25H2,1-5H3,(H,26,28). The van der Waals surface area contributed by atoms with E-state index in [2.05, 4.69) is 24.1 Å². The van der Waals surface area contributed by atoms with Crippen LogP contribution in [0.15, 0.2) is 36.4 Å². The summed E-state index contributed by atoms with van der Waals surface area (Å²) in [6.07, 6.45) is 1.54. The van der Waals surface area contributed by atoms with Gasteiger partial charge >= 0.3 is 0 Å². The number of aromatic amines is 1. The van der Waals surface area contributed by atoms with Crippen LogP contribution in [0.25, 0.3) is 22.2 Å². The number of nitrogens with two attached hydrogens (primary N) is 1. The minimum Gasteiger partial charge on any atom is -0.493 e. The maximum absolute atomic E-state index is 12.3. The molecule has 0 saturated heterocycles. The Bertz CT molecular complexity index is 1040. The topological polar surface area (TPSA) is 89.4 Å². The fourth-order valence-corrected chi connectivity index (χ4v) is 3.79. The highest BCUT2D eigenvalue weighted by Crippen LogP contribution is 2.39. The van der Waals surface area contributed by atoms with Crippen molar-refractivity contribution in [3.63, 3.8) is 0 Å². The van der Waals surface area contributed by atoms with Crippen molar-refractivity contribution in [1.29, 1.82) is 0 Å². The maximum atomic E-state index is 12.3. The summed E-state index contributed by atoms with van der Waals surface area (Å²) in [6, 6.07) is 11.3. The summed E-state index contributed by atoms with van der Waals surface area (Å²) in [5, 5.41) is 4.03. The lowest BCUT2D eigenvalue weighted by atomic mass is 9.95. The lowest BCUT2D eigenvalue weighted by molar-refractivity contribution is -0.117. The second-order valence-electron chi connectivity index (χ2n) is 7.78. The number of rotatable bonds is 8. The van der Waals surface area contributed by atoms with Gasteiger partial charge in [0.05, 0.1) is 26.0 Å². The van der Waals surface area contributed by atoms with E-state index in [1.54, 1.807) is 14.2 Å². The third-order valence-corrected chi connectivity index (χ3v) is 5.29. The van der Waals surface area contributed by atoms with Crippen molar-refractivity contribution >= 4 is 22.5 Å². The molecule has 1 atom stereocenters. The number of fused-ring (bicyclic) bond motifs is 1. The first-order valence-electron chi connectivity index (χ1n) is 10.3. The largest absolute Gasteiger partial charge is 0.493 e. The number of H-pyrrole nitrogens is 1. The van der Waals surface area contributed by atoms with Gasteiger partial charge in [0.25, 0.3) is 0 Å². The summed E-state index contributed by atoms with van der Waals surface area (Å²) >= 11 is 0. The van der Waals surface area contributed by atoms with E-state index in [0.717, 1.165) is 34.3 Å². The summed E-state index contributed by atoms with van der Waals surface area (Å²) < 4.78 is 10.8. The first-order chi connectivity index (χ1) is 14.4. The maximum Gasteiger partial charge on any atom is 0.241 e. The number of amides is 1. The van der Waals surface area contributed by atoms with Crippen LogP contribution in [-0.4, -0.2) is 31.2 Å². The van der Waals surface area contributed by atoms with Crippen molar-refractivity contribution in [2.24, 2.45) is 5.73 Å². The summed E-state index contributed by atoms with van der Waals surface area (Å²) in [7, 11) is 3.26. The molecule has 1 heterocycles. The molecule has 30 heavy (non-hydrogen) atoms. The van der Waals surface area contributed by atoms with Gasteiger partial charge in [-0.15, -0.1) is 0 Å². The van der Waals surface area contributed by atoms with Crippen molar-refractivity contribution in [3.8, 4) is 22.8 Å². The van der Waals surface area contributed by atoms with Crippen molar-refractivity contribution < 1.29 is 14.3 Å². The average Bonchev–Trinajstić information content (AvgIpc) is 3.12. The molecule has 3 aromatic rings. The third kappa shape index (κ3) is 4.28. The Balaban J connectivity index is 2.05. The van der Waals surface area contributed by atoms with Gasteiger partial charge in [0.1, 0.15) is 0 Å². The van der Waals surface area contributed by atoms with Gasteiger partial charge < -0.3 is 25.5 Å². The molecule has 0 spiro atoms. The molecule has 3 rings (SSSR count). The van der Waals surface area contributed by atoms with Crippen LogP contribution >= 0.6 is 0 Å². The second-order valence-corrected chi connectivity index (χ2v) is 7.78. The Kier molecular flexibility index (Phi) is 6.67. The number of carbonyl (C=O) groups excluding carboxylic acids is 1. The molecule has 6 nitrogen and oxygen atoms in total. The number of nitrogens with one attached hydrogen (secondary N) is 2. The highest BCUT2D eigenvalue weighted by Gasteiger charge is 2.19. The average molecular weight is 410 g/mol. The Morgan fingerprint density at radius 2 is 1.83 bits per heavy atom. The Morgan fingerprint density at radius 1 is 1.10 bits per heavy atom. The van der Waals surface area contributed by atoms with Crippen LogP contribution in [0.4, 0.5) is 5.69 Å². The highest BCUT2D eigenvalue weighted by atomic mass is 16.5. The Hall–Kier alpha value is -2.99. The SMILES string of the molecule is CCCC(N)C(=O)Nc1ccc2[nH]c(-c3ccc(OC)c(OC)c3)c(C(C)C)c2c1. The van der Waals surface area contributed by atoms with E-state index in [1.807, 2.05) is 43.3 Å². The number of methoxy groups -OCH3 is 2. The molecular formula is C24H31N3O3. The number of carbonyl (C=O) groups is 1. The molecule has 0 aliphatic heterocycles. The molecule has 1 unspecified atom stereocenters.